The summed E-state index contributed by atoms with van der Waals surface area (Å²) in [5, 5.41) is 10.6. The average molecular weight is 406 g/mol. The number of carbonyl (C=O) groups excluding carboxylic acids is 1. The van der Waals surface area contributed by atoms with E-state index in [0.717, 1.165) is 36.7 Å². The van der Waals surface area contributed by atoms with Gasteiger partial charge in [-0.3, -0.25) is 0 Å². The molecule has 3 nitrogen and oxygen atoms in total. The number of hydrogen-bond donors (Lipinski definition) is 0. The molecule has 0 saturated carbocycles. The summed E-state index contributed by atoms with van der Waals surface area (Å²) >= 11 is 0. The minimum Gasteiger partial charge on any atom is -0.545 e. The van der Waals surface area contributed by atoms with Gasteiger partial charge in [-0.05, 0) is 65.5 Å². The van der Waals surface area contributed by atoms with Crippen molar-refractivity contribution in [3.05, 3.63) is 58.7 Å². The van der Waals surface area contributed by atoms with Crippen molar-refractivity contribution in [3.63, 3.8) is 0 Å². The molecule has 3 heteroatoms. The van der Waals surface area contributed by atoms with Crippen LogP contribution in [0.15, 0.2) is 42.0 Å². The van der Waals surface area contributed by atoms with E-state index in [1.54, 1.807) is 13.0 Å². The fraction of sp³-hybridized carbons (Fsp3) is 0.444. The number of benzene rings is 1. The van der Waals surface area contributed by atoms with Crippen molar-refractivity contribution in [1.29, 1.82) is 0 Å². The van der Waals surface area contributed by atoms with E-state index in [2.05, 4.69) is 51.7 Å². The van der Waals surface area contributed by atoms with Crippen LogP contribution in [-0.2, 0) is 15.6 Å². The zero-order valence-electron chi connectivity index (χ0n) is 19.1. The Morgan fingerprint density at radius 2 is 1.73 bits per heavy atom. The lowest BCUT2D eigenvalue weighted by Crippen LogP contribution is -2.34. The van der Waals surface area contributed by atoms with E-state index in [4.69, 9.17) is 4.74 Å². The first-order valence-electron chi connectivity index (χ1n) is 10.6. The molecule has 30 heavy (non-hydrogen) atoms. The summed E-state index contributed by atoms with van der Waals surface area (Å²) in [6.07, 6.45) is 11.6. The monoisotopic (exact) mass is 405 g/mol. The Labute approximate surface area is 181 Å². The molecule has 0 spiro atoms. The van der Waals surface area contributed by atoms with Crippen molar-refractivity contribution in [2.45, 2.75) is 71.6 Å². The molecule has 1 aromatic rings. The molecule has 0 fully saturated rings. The van der Waals surface area contributed by atoms with Crippen LogP contribution in [0.5, 0.6) is 5.75 Å². The van der Waals surface area contributed by atoms with Gasteiger partial charge in [-0.2, -0.15) is 0 Å². The molecule has 1 aliphatic carbocycles. The zero-order chi connectivity index (χ0) is 22.4. The topological polar surface area (TPSA) is 49.4 Å². The second kappa shape index (κ2) is 9.85. The lowest BCUT2D eigenvalue weighted by atomic mass is 9.63. The van der Waals surface area contributed by atoms with E-state index >= 15 is 0 Å². The predicted octanol–water partition coefficient (Wildman–Crippen LogP) is 5.09. The fourth-order valence-electron chi connectivity index (χ4n) is 3.76. The Kier molecular flexibility index (Phi) is 7.73. The maximum Gasteiger partial charge on any atom is 0.149 e. The van der Waals surface area contributed by atoms with E-state index in [9.17, 15) is 9.90 Å². The van der Waals surface area contributed by atoms with Gasteiger partial charge >= 0.3 is 0 Å². The lowest BCUT2D eigenvalue weighted by molar-refractivity contribution is -0.297. The summed E-state index contributed by atoms with van der Waals surface area (Å²) in [5.74, 6) is 5.74. The second-order valence-electron chi connectivity index (χ2n) is 9.12. The first-order valence-corrected chi connectivity index (χ1v) is 10.6. The van der Waals surface area contributed by atoms with E-state index in [0.29, 0.717) is 12.2 Å². The zero-order valence-corrected chi connectivity index (χ0v) is 19.1. The molecule has 0 atom stereocenters. The first kappa shape index (κ1) is 23.5. The third-order valence-electron chi connectivity index (χ3n) is 5.68. The van der Waals surface area contributed by atoms with Gasteiger partial charge in [-0.25, -0.2) is 0 Å². The second-order valence-corrected chi connectivity index (χ2v) is 9.12. The minimum absolute atomic E-state index is 0.104. The Balaban J connectivity index is 2.44. The normalized spacial score (nSPS) is 17.5. The van der Waals surface area contributed by atoms with Gasteiger partial charge in [0.2, 0.25) is 0 Å². The quantitative estimate of drug-likeness (QED) is 0.376. The van der Waals surface area contributed by atoms with Gasteiger partial charge in [0.05, 0.1) is 5.97 Å². The minimum atomic E-state index is -1.19. The van der Waals surface area contributed by atoms with Crippen LogP contribution in [0, 0.1) is 11.8 Å². The van der Waals surface area contributed by atoms with E-state index in [1.807, 2.05) is 25.2 Å². The smallest absolute Gasteiger partial charge is 0.149 e. The highest BCUT2D eigenvalue weighted by molar-refractivity contribution is 5.79. The third-order valence-corrected chi connectivity index (χ3v) is 5.68. The lowest BCUT2D eigenvalue weighted by Gasteiger charge is -2.42. The molecular weight excluding hydrogens is 372 g/mol. The summed E-state index contributed by atoms with van der Waals surface area (Å²) in [4.78, 5) is 10.6. The standard InChI is InChI=1S/C27H34O3/c1-7-8-11-16-30-24-19-23-22(26(3,4)14-15-27(23,5)6)18-21(24)13-10-9-12-20(2)17-25(28)29/h9-10,12-13,17-19H,7,14-16H2,1-6H3,(H,28,29)/p-1/b12-9+,13-10+,20-17+. The van der Waals surface area contributed by atoms with Crippen LogP contribution in [0.3, 0.4) is 0 Å². The molecule has 1 aliphatic rings. The number of allylic oxidation sites excluding steroid dienone is 4. The number of ether oxygens (including phenoxy) is 1. The first-order chi connectivity index (χ1) is 14.1. The summed E-state index contributed by atoms with van der Waals surface area (Å²) < 4.78 is 6.05. The average Bonchev–Trinajstić information content (AvgIpc) is 2.66. The van der Waals surface area contributed by atoms with Crippen LogP contribution in [0.25, 0.3) is 6.08 Å². The van der Waals surface area contributed by atoms with Crippen molar-refractivity contribution in [1.82, 2.24) is 0 Å². The SMILES string of the molecule is CCC#CCOc1cc2c(cc1/C=C/C=C/C(C)=C/C(=O)[O-])C(C)(C)CCC2(C)C. The van der Waals surface area contributed by atoms with Crippen LogP contribution in [0.4, 0.5) is 0 Å². The van der Waals surface area contributed by atoms with Gasteiger partial charge in [0.1, 0.15) is 12.4 Å². The molecule has 0 heterocycles. The Bertz CT molecular complexity index is 931. The number of aliphatic carboxylic acids is 1. The van der Waals surface area contributed by atoms with Crippen molar-refractivity contribution in [2.75, 3.05) is 6.61 Å². The van der Waals surface area contributed by atoms with E-state index in [1.165, 1.54) is 11.1 Å². The third kappa shape index (κ3) is 6.13. The van der Waals surface area contributed by atoms with Gasteiger partial charge < -0.3 is 14.6 Å². The summed E-state index contributed by atoms with van der Waals surface area (Å²) in [5.41, 5.74) is 4.55. The van der Waals surface area contributed by atoms with Crippen molar-refractivity contribution in [3.8, 4) is 17.6 Å². The molecule has 0 aromatic heterocycles. The predicted molar refractivity (Wildman–Crippen MR) is 122 cm³/mol. The fourth-order valence-corrected chi connectivity index (χ4v) is 3.76. The number of rotatable bonds is 6. The maximum atomic E-state index is 10.6. The summed E-state index contributed by atoms with van der Waals surface area (Å²) in [6, 6.07) is 4.43. The highest BCUT2D eigenvalue weighted by Crippen LogP contribution is 2.47. The number of hydrogen-bond acceptors (Lipinski definition) is 3. The van der Waals surface area contributed by atoms with E-state index in [-0.39, 0.29) is 10.8 Å². The molecule has 0 N–H and O–H groups in total. The summed E-state index contributed by atoms with van der Waals surface area (Å²) in [6.45, 7) is 13.3. The molecule has 0 saturated heterocycles. The van der Waals surface area contributed by atoms with Crippen LogP contribution < -0.4 is 9.84 Å². The van der Waals surface area contributed by atoms with Gasteiger partial charge in [0.15, 0.2) is 0 Å². The van der Waals surface area contributed by atoms with Crippen molar-refractivity contribution >= 4 is 12.0 Å². The van der Waals surface area contributed by atoms with Gasteiger partial charge in [0.25, 0.3) is 0 Å². The number of carboxylic acid groups (broad SMARTS) is 1. The molecule has 0 unspecified atom stereocenters. The van der Waals surface area contributed by atoms with Crippen molar-refractivity contribution in [2.24, 2.45) is 0 Å². The molecule has 0 aliphatic heterocycles. The van der Waals surface area contributed by atoms with Gasteiger partial charge in [-0.1, -0.05) is 64.8 Å². The molecule has 160 valence electrons. The van der Waals surface area contributed by atoms with Crippen LogP contribution in [-0.4, -0.2) is 12.6 Å². The number of carboxylic acids is 1. The summed E-state index contributed by atoms with van der Waals surface area (Å²) in [7, 11) is 0. The Morgan fingerprint density at radius 3 is 2.33 bits per heavy atom. The molecular formula is C27H33O3-. The van der Waals surface area contributed by atoms with Gasteiger partial charge in [-0.15, -0.1) is 5.92 Å². The number of fused-ring (bicyclic) bond motifs is 1. The highest BCUT2D eigenvalue weighted by atomic mass is 16.5. The van der Waals surface area contributed by atoms with Crippen LogP contribution in [0.2, 0.25) is 0 Å². The molecule has 0 amide bonds. The highest BCUT2D eigenvalue weighted by Gasteiger charge is 2.37. The largest absolute Gasteiger partial charge is 0.545 e. The van der Waals surface area contributed by atoms with Crippen molar-refractivity contribution < 1.29 is 14.6 Å². The Morgan fingerprint density at radius 1 is 1.10 bits per heavy atom. The molecule has 1 aromatic carbocycles. The maximum absolute atomic E-state index is 10.6. The van der Waals surface area contributed by atoms with Crippen LogP contribution >= 0.6 is 0 Å². The molecule has 2 rings (SSSR count). The van der Waals surface area contributed by atoms with Gasteiger partial charge in [0, 0.05) is 12.0 Å². The van der Waals surface area contributed by atoms with Crippen LogP contribution in [0.1, 0.15) is 77.5 Å². The molecule has 0 radical (unpaired) electrons. The molecule has 0 bridgehead atoms. The van der Waals surface area contributed by atoms with E-state index < -0.39 is 5.97 Å². The number of carbonyl (C=O) groups is 1. The Hall–Kier alpha value is -2.73.